The normalized spacial score (nSPS) is 10.4. The van der Waals surface area contributed by atoms with E-state index < -0.39 is 0 Å². The number of ether oxygens (including phenoxy) is 1. The molecule has 1 aromatic carbocycles. The second kappa shape index (κ2) is 6.38. The molecule has 0 saturated carbocycles. The zero-order valence-corrected chi connectivity index (χ0v) is 9.24. The predicted octanol–water partition coefficient (Wildman–Crippen LogP) is 2.64. The third-order valence-corrected chi connectivity index (χ3v) is 2.02. The van der Waals surface area contributed by atoms with E-state index in [1.165, 1.54) is 0 Å². The first kappa shape index (κ1) is 11.0. The molecule has 0 aliphatic rings. The summed E-state index contributed by atoms with van der Waals surface area (Å²) in [5.74, 6) is -0.247. The standard InChI is InChI=1S/C11H11BrO2/c12-9-11(13)14-8-4-7-10-5-2-1-3-6-10/h1-7H,8-9H2/b7-4+. The minimum absolute atomic E-state index is 0.242. The predicted molar refractivity (Wildman–Crippen MR) is 60.2 cm³/mol. The van der Waals surface area contributed by atoms with Crippen LogP contribution in [0.15, 0.2) is 36.4 Å². The summed E-state index contributed by atoms with van der Waals surface area (Å²) < 4.78 is 4.84. The lowest BCUT2D eigenvalue weighted by atomic mass is 10.2. The molecule has 0 aliphatic carbocycles. The topological polar surface area (TPSA) is 26.3 Å². The van der Waals surface area contributed by atoms with Gasteiger partial charge in [-0.15, -0.1) is 0 Å². The van der Waals surface area contributed by atoms with Gasteiger partial charge in [0.2, 0.25) is 0 Å². The molecule has 2 nitrogen and oxygen atoms in total. The maximum absolute atomic E-state index is 10.7. The smallest absolute Gasteiger partial charge is 0.316 e. The van der Waals surface area contributed by atoms with E-state index in [1.807, 2.05) is 42.5 Å². The highest BCUT2D eigenvalue weighted by Gasteiger charge is 1.94. The van der Waals surface area contributed by atoms with E-state index in [4.69, 9.17) is 4.74 Å². The van der Waals surface area contributed by atoms with E-state index in [1.54, 1.807) is 0 Å². The first-order valence-electron chi connectivity index (χ1n) is 4.26. The van der Waals surface area contributed by atoms with Crippen molar-refractivity contribution in [3.8, 4) is 0 Å². The van der Waals surface area contributed by atoms with Gasteiger partial charge in [0.15, 0.2) is 0 Å². The monoisotopic (exact) mass is 254 g/mol. The summed E-state index contributed by atoms with van der Waals surface area (Å²) in [6.07, 6.45) is 3.73. The Bertz CT molecular complexity index is 306. The van der Waals surface area contributed by atoms with E-state index in [-0.39, 0.29) is 11.3 Å². The Morgan fingerprint density at radius 2 is 2.07 bits per heavy atom. The average Bonchev–Trinajstić information content (AvgIpc) is 2.25. The van der Waals surface area contributed by atoms with Gasteiger partial charge in [-0.05, 0) is 11.6 Å². The van der Waals surface area contributed by atoms with Crippen molar-refractivity contribution < 1.29 is 9.53 Å². The highest BCUT2D eigenvalue weighted by atomic mass is 79.9. The minimum Gasteiger partial charge on any atom is -0.461 e. The van der Waals surface area contributed by atoms with Crippen LogP contribution >= 0.6 is 15.9 Å². The number of carbonyl (C=O) groups excluding carboxylic acids is 1. The Kier molecular flexibility index (Phi) is 5.00. The molecule has 0 aromatic heterocycles. The summed E-state index contributed by atoms with van der Waals surface area (Å²) in [7, 11) is 0. The lowest BCUT2D eigenvalue weighted by Crippen LogP contribution is -2.04. The number of rotatable bonds is 4. The molecule has 1 rings (SSSR count). The summed E-state index contributed by atoms with van der Waals surface area (Å²) in [5, 5.41) is 0.242. The van der Waals surface area contributed by atoms with Crippen LogP contribution in [0, 0.1) is 0 Å². The van der Waals surface area contributed by atoms with Gasteiger partial charge < -0.3 is 4.74 Å². The van der Waals surface area contributed by atoms with Crippen LogP contribution in [-0.4, -0.2) is 17.9 Å². The van der Waals surface area contributed by atoms with Crippen LogP contribution in [0.4, 0.5) is 0 Å². The Morgan fingerprint density at radius 1 is 1.36 bits per heavy atom. The summed E-state index contributed by atoms with van der Waals surface area (Å²) >= 11 is 3.01. The highest BCUT2D eigenvalue weighted by molar-refractivity contribution is 9.09. The van der Waals surface area contributed by atoms with Crippen molar-refractivity contribution in [1.82, 2.24) is 0 Å². The largest absolute Gasteiger partial charge is 0.461 e. The van der Waals surface area contributed by atoms with E-state index >= 15 is 0 Å². The average molecular weight is 255 g/mol. The molecular weight excluding hydrogens is 244 g/mol. The molecule has 0 heterocycles. The van der Waals surface area contributed by atoms with Crippen molar-refractivity contribution >= 4 is 28.0 Å². The van der Waals surface area contributed by atoms with Gasteiger partial charge in [0, 0.05) is 0 Å². The number of alkyl halides is 1. The molecule has 0 atom stereocenters. The van der Waals surface area contributed by atoms with Gasteiger partial charge in [-0.1, -0.05) is 52.3 Å². The molecule has 0 amide bonds. The molecule has 14 heavy (non-hydrogen) atoms. The maximum atomic E-state index is 10.7. The number of benzene rings is 1. The maximum Gasteiger partial charge on any atom is 0.316 e. The second-order valence-electron chi connectivity index (χ2n) is 2.63. The SMILES string of the molecule is O=C(CBr)OC/C=C/c1ccccc1. The first-order chi connectivity index (χ1) is 6.83. The zero-order valence-electron chi connectivity index (χ0n) is 7.65. The number of carbonyl (C=O) groups is 1. The number of esters is 1. The van der Waals surface area contributed by atoms with Gasteiger partial charge in [-0.25, -0.2) is 0 Å². The van der Waals surface area contributed by atoms with Gasteiger partial charge in [0.1, 0.15) is 11.9 Å². The number of hydrogen-bond acceptors (Lipinski definition) is 2. The van der Waals surface area contributed by atoms with Crippen LogP contribution in [0.2, 0.25) is 0 Å². The molecule has 3 heteroatoms. The van der Waals surface area contributed by atoms with Gasteiger partial charge >= 0.3 is 5.97 Å². The fraction of sp³-hybridized carbons (Fsp3) is 0.182. The van der Waals surface area contributed by atoms with Crippen molar-refractivity contribution in [1.29, 1.82) is 0 Å². The van der Waals surface area contributed by atoms with E-state index in [2.05, 4.69) is 15.9 Å². The van der Waals surface area contributed by atoms with Crippen LogP contribution in [-0.2, 0) is 9.53 Å². The zero-order chi connectivity index (χ0) is 10.2. The molecular formula is C11H11BrO2. The van der Waals surface area contributed by atoms with Gasteiger partial charge in [0.05, 0.1) is 0 Å². The second-order valence-corrected chi connectivity index (χ2v) is 3.19. The molecule has 0 aliphatic heterocycles. The van der Waals surface area contributed by atoms with Gasteiger partial charge in [0.25, 0.3) is 0 Å². The van der Waals surface area contributed by atoms with E-state index in [9.17, 15) is 4.79 Å². The summed E-state index contributed by atoms with van der Waals surface area (Å²) in [6, 6.07) is 9.86. The van der Waals surface area contributed by atoms with Crippen LogP contribution in [0.1, 0.15) is 5.56 Å². The van der Waals surface area contributed by atoms with E-state index in [0.29, 0.717) is 6.61 Å². The lowest BCUT2D eigenvalue weighted by molar-refractivity contribution is -0.139. The quantitative estimate of drug-likeness (QED) is 0.610. The molecule has 0 spiro atoms. The van der Waals surface area contributed by atoms with Crippen molar-refractivity contribution in [2.45, 2.75) is 0 Å². The van der Waals surface area contributed by atoms with Crippen molar-refractivity contribution in [3.63, 3.8) is 0 Å². The molecule has 0 saturated heterocycles. The third kappa shape index (κ3) is 4.23. The molecule has 0 unspecified atom stereocenters. The van der Waals surface area contributed by atoms with Crippen molar-refractivity contribution in [3.05, 3.63) is 42.0 Å². The summed E-state index contributed by atoms with van der Waals surface area (Å²) in [4.78, 5) is 10.7. The molecule has 0 radical (unpaired) electrons. The molecule has 74 valence electrons. The molecule has 0 fully saturated rings. The first-order valence-corrected chi connectivity index (χ1v) is 5.38. The van der Waals surface area contributed by atoms with Gasteiger partial charge in [-0.3, -0.25) is 4.79 Å². The minimum atomic E-state index is -0.247. The highest BCUT2D eigenvalue weighted by Crippen LogP contribution is 2.00. The number of halogens is 1. The summed E-state index contributed by atoms with van der Waals surface area (Å²) in [5.41, 5.74) is 1.10. The molecule has 0 bridgehead atoms. The van der Waals surface area contributed by atoms with E-state index in [0.717, 1.165) is 5.56 Å². The van der Waals surface area contributed by atoms with Crippen LogP contribution in [0.5, 0.6) is 0 Å². The van der Waals surface area contributed by atoms with Crippen LogP contribution in [0.3, 0.4) is 0 Å². The van der Waals surface area contributed by atoms with Crippen LogP contribution in [0.25, 0.3) is 6.08 Å². The van der Waals surface area contributed by atoms with Crippen LogP contribution < -0.4 is 0 Å². The molecule has 1 aromatic rings. The van der Waals surface area contributed by atoms with Crippen molar-refractivity contribution in [2.75, 3.05) is 11.9 Å². The Morgan fingerprint density at radius 3 is 2.71 bits per heavy atom. The third-order valence-electron chi connectivity index (χ3n) is 1.56. The molecule has 0 N–H and O–H groups in total. The summed E-state index contributed by atoms with van der Waals surface area (Å²) in [6.45, 7) is 0.319. The Hall–Kier alpha value is -1.09. The fourth-order valence-corrected chi connectivity index (χ4v) is 1.09. The fourth-order valence-electron chi connectivity index (χ4n) is 0.928. The lowest BCUT2D eigenvalue weighted by Gasteiger charge is -1.96. The van der Waals surface area contributed by atoms with Crippen molar-refractivity contribution in [2.24, 2.45) is 0 Å². The Balaban J connectivity index is 2.31. The van der Waals surface area contributed by atoms with Gasteiger partial charge in [-0.2, -0.15) is 0 Å². The number of hydrogen-bond donors (Lipinski definition) is 0. The Labute approximate surface area is 91.7 Å².